The zero-order valence-corrected chi connectivity index (χ0v) is 12.6. The smallest absolute Gasteiger partial charge is 0.328 e. The highest BCUT2D eigenvalue weighted by Crippen LogP contribution is 2.18. The molecule has 1 aromatic carbocycles. The van der Waals surface area contributed by atoms with E-state index in [1.165, 1.54) is 22.5 Å². The summed E-state index contributed by atoms with van der Waals surface area (Å²) in [4.78, 5) is 10.6. The fourth-order valence-corrected chi connectivity index (χ4v) is 3.01. The molecular weight excluding hydrogens is 278 g/mol. The molecule has 0 radical (unpaired) electrons. The number of hydrogen-bond acceptors (Lipinski definition) is 3. The van der Waals surface area contributed by atoms with E-state index in [9.17, 15) is 13.2 Å². The van der Waals surface area contributed by atoms with E-state index in [1.54, 1.807) is 19.2 Å². The Morgan fingerprint density at radius 1 is 1.35 bits per heavy atom. The maximum absolute atomic E-state index is 12.3. The van der Waals surface area contributed by atoms with E-state index in [-0.39, 0.29) is 10.9 Å². The van der Waals surface area contributed by atoms with Gasteiger partial charge < -0.3 is 5.11 Å². The average Bonchev–Trinajstić information content (AvgIpc) is 2.43. The zero-order valence-electron chi connectivity index (χ0n) is 11.8. The van der Waals surface area contributed by atoms with Crippen molar-refractivity contribution in [2.75, 3.05) is 7.05 Å². The first-order valence-electron chi connectivity index (χ1n) is 6.28. The normalized spacial score (nSPS) is 13.8. The van der Waals surface area contributed by atoms with Crippen LogP contribution in [0.4, 0.5) is 0 Å². The number of aliphatic carboxylic acids is 1. The lowest BCUT2D eigenvalue weighted by Crippen LogP contribution is -2.34. The van der Waals surface area contributed by atoms with Gasteiger partial charge in [0.15, 0.2) is 0 Å². The van der Waals surface area contributed by atoms with Gasteiger partial charge in [-0.05, 0) is 37.1 Å². The van der Waals surface area contributed by atoms with Crippen molar-refractivity contribution in [3.63, 3.8) is 0 Å². The van der Waals surface area contributed by atoms with Crippen molar-refractivity contribution >= 4 is 22.1 Å². The monoisotopic (exact) mass is 297 g/mol. The molecule has 0 amide bonds. The van der Waals surface area contributed by atoms with Crippen molar-refractivity contribution in [2.45, 2.75) is 31.2 Å². The van der Waals surface area contributed by atoms with Crippen LogP contribution < -0.4 is 0 Å². The van der Waals surface area contributed by atoms with Gasteiger partial charge in [-0.1, -0.05) is 19.1 Å². The highest BCUT2D eigenvalue weighted by atomic mass is 32.2. The summed E-state index contributed by atoms with van der Waals surface area (Å²) < 4.78 is 26.0. The predicted molar refractivity (Wildman–Crippen MR) is 77.8 cm³/mol. The fourth-order valence-electron chi connectivity index (χ4n) is 1.58. The van der Waals surface area contributed by atoms with Crippen LogP contribution in [0.1, 0.15) is 25.8 Å². The molecule has 0 aliphatic heterocycles. The van der Waals surface area contributed by atoms with Crippen LogP contribution in [0.2, 0.25) is 0 Å². The van der Waals surface area contributed by atoms with Crippen molar-refractivity contribution in [2.24, 2.45) is 0 Å². The van der Waals surface area contributed by atoms with Crippen molar-refractivity contribution in [3.8, 4) is 0 Å². The second-order valence-corrected chi connectivity index (χ2v) is 6.52. The molecule has 6 heteroatoms. The number of carboxylic acid groups (broad SMARTS) is 1. The van der Waals surface area contributed by atoms with Gasteiger partial charge in [-0.2, -0.15) is 4.31 Å². The molecule has 110 valence electrons. The maximum atomic E-state index is 12.3. The number of rotatable bonds is 6. The van der Waals surface area contributed by atoms with Crippen LogP contribution >= 0.6 is 0 Å². The van der Waals surface area contributed by atoms with Gasteiger partial charge in [0.05, 0.1) is 4.90 Å². The Kier molecular flexibility index (Phi) is 5.47. The minimum Gasteiger partial charge on any atom is -0.478 e. The molecule has 0 bridgehead atoms. The van der Waals surface area contributed by atoms with Gasteiger partial charge in [0, 0.05) is 19.2 Å². The lowest BCUT2D eigenvalue weighted by atomic mass is 10.2. The Hall–Kier alpha value is -1.66. The molecule has 0 heterocycles. The number of carbonyl (C=O) groups is 1. The van der Waals surface area contributed by atoms with Crippen LogP contribution in [0, 0.1) is 0 Å². The van der Waals surface area contributed by atoms with Crippen LogP contribution in [0.3, 0.4) is 0 Å². The fraction of sp³-hybridized carbons (Fsp3) is 0.357. The molecule has 1 unspecified atom stereocenters. The standard InChI is InChI=1S/C14H19NO4S/c1-4-11(2)15(3)20(18,19)13-8-5-12(6-9-13)7-10-14(16)17/h5-11H,4H2,1-3H3,(H,16,17)/b10-7+. The van der Waals surface area contributed by atoms with Crippen LogP contribution in [0.25, 0.3) is 6.08 Å². The summed E-state index contributed by atoms with van der Waals surface area (Å²) in [7, 11) is -1.95. The van der Waals surface area contributed by atoms with Gasteiger partial charge >= 0.3 is 5.97 Å². The average molecular weight is 297 g/mol. The first kappa shape index (κ1) is 16.4. The molecular formula is C14H19NO4S. The molecule has 1 N–H and O–H groups in total. The van der Waals surface area contributed by atoms with E-state index in [4.69, 9.17) is 5.11 Å². The second-order valence-electron chi connectivity index (χ2n) is 4.52. The minimum absolute atomic E-state index is 0.0772. The molecule has 1 rings (SSSR count). The molecule has 1 atom stereocenters. The van der Waals surface area contributed by atoms with E-state index >= 15 is 0 Å². The van der Waals surface area contributed by atoms with Gasteiger partial charge in [0.25, 0.3) is 0 Å². The largest absolute Gasteiger partial charge is 0.478 e. The van der Waals surface area contributed by atoms with E-state index in [1.807, 2.05) is 13.8 Å². The summed E-state index contributed by atoms with van der Waals surface area (Å²) >= 11 is 0. The third-order valence-electron chi connectivity index (χ3n) is 3.19. The molecule has 20 heavy (non-hydrogen) atoms. The minimum atomic E-state index is -3.51. The third kappa shape index (κ3) is 3.91. The number of carboxylic acids is 1. The number of nitrogens with zero attached hydrogens (tertiary/aromatic N) is 1. The summed E-state index contributed by atoms with van der Waals surface area (Å²) in [6.45, 7) is 3.78. The van der Waals surface area contributed by atoms with Crippen molar-refractivity contribution in [3.05, 3.63) is 35.9 Å². The Labute approximate surface area is 119 Å². The number of benzene rings is 1. The molecule has 0 aliphatic carbocycles. The first-order chi connectivity index (χ1) is 9.28. The van der Waals surface area contributed by atoms with Gasteiger partial charge in [0.2, 0.25) is 10.0 Å². The van der Waals surface area contributed by atoms with E-state index in [2.05, 4.69) is 0 Å². The molecule has 5 nitrogen and oxygen atoms in total. The summed E-state index contributed by atoms with van der Waals surface area (Å²) in [5, 5.41) is 8.53. The van der Waals surface area contributed by atoms with Crippen molar-refractivity contribution in [1.29, 1.82) is 0 Å². The van der Waals surface area contributed by atoms with Gasteiger partial charge in [-0.25, -0.2) is 13.2 Å². The molecule has 0 aliphatic rings. The van der Waals surface area contributed by atoms with Crippen LogP contribution in [-0.4, -0.2) is 36.9 Å². The zero-order chi connectivity index (χ0) is 15.3. The Bertz CT molecular complexity index is 590. The van der Waals surface area contributed by atoms with Crippen molar-refractivity contribution < 1.29 is 18.3 Å². The molecule has 0 saturated carbocycles. The topological polar surface area (TPSA) is 74.7 Å². The predicted octanol–water partition coefficient (Wildman–Crippen LogP) is 2.20. The third-order valence-corrected chi connectivity index (χ3v) is 5.17. The number of sulfonamides is 1. The lowest BCUT2D eigenvalue weighted by Gasteiger charge is -2.23. The Morgan fingerprint density at radius 3 is 2.35 bits per heavy atom. The van der Waals surface area contributed by atoms with Gasteiger partial charge in [0.1, 0.15) is 0 Å². The van der Waals surface area contributed by atoms with E-state index < -0.39 is 16.0 Å². The molecule has 0 fully saturated rings. The van der Waals surface area contributed by atoms with Crippen LogP contribution in [0.5, 0.6) is 0 Å². The number of hydrogen-bond donors (Lipinski definition) is 1. The molecule has 0 spiro atoms. The maximum Gasteiger partial charge on any atom is 0.328 e. The Balaban J connectivity index is 3.01. The summed E-state index contributed by atoms with van der Waals surface area (Å²) in [5.41, 5.74) is 0.637. The highest BCUT2D eigenvalue weighted by molar-refractivity contribution is 7.89. The van der Waals surface area contributed by atoms with E-state index in [0.717, 1.165) is 12.5 Å². The quantitative estimate of drug-likeness (QED) is 0.817. The molecule has 1 aromatic rings. The summed E-state index contributed by atoms with van der Waals surface area (Å²) in [6.07, 6.45) is 3.15. The SMILES string of the molecule is CCC(C)N(C)S(=O)(=O)c1ccc(/C=C/C(=O)O)cc1. The first-order valence-corrected chi connectivity index (χ1v) is 7.72. The Morgan fingerprint density at radius 2 is 1.90 bits per heavy atom. The molecule has 0 aromatic heterocycles. The summed E-state index contributed by atoms with van der Waals surface area (Å²) in [6, 6.07) is 6.05. The second kappa shape index (κ2) is 6.67. The van der Waals surface area contributed by atoms with E-state index in [0.29, 0.717) is 5.56 Å². The van der Waals surface area contributed by atoms with Crippen LogP contribution in [0.15, 0.2) is 35.2 Å². The summed E-state index contributed by atoms with van der Waals surface area (Å²) in [5.74, 6) is -1.04. The van der Waals surface area contributed by atoms with Gasteiger partial charge in [-0.15, -0.1) is 0 Å². The lowest BCUT2D eigenvalue weighted by molar-refractivity contribution is -0.131. The molecule has 0 saturated heterocycles. The van der Waals surface area contributed by atoms with Gasteiger partial charge in [-0.3, -0.25) is 0 Å². The highest BCUT2D eigenvalue weighted by Gasteiger charge is 2.23. The van der Waals surface area contributed by atoms with Crippen LogP contribution in [-0.2, 0) is 14.8 Å². The van der Waals surface area contributed by atoms with Crippen molar-refractivity contribution in [1.82, 2.24) is 4.31 Å².